The second kappa shape index (κ2) is 12.9. The van der Waals surface area contributed by atoms with Gasteiger partial charge in [-0.3, -0.25) is 9.59 Å². The van der Waals surface area contributed by atoms with Gasteiger partial charge >= 0.3 is 11.6 Å². The molecule has 282 valence electrons. The maximum Gasteiger partial charge on any atom is 0.336 e. The van der Waals surface area contributed by atoms with Gasteiger partial charge in [0.25, 0.3) is 0 Å². The van der Waals surface area contributed by atoms with Crippen LogP contribution in [0.4, 0.5) is 0 Å². The van der Waals surface area contributed by atoms with E-state index < -0.39 is 28.7 Å². The van der Waals surface area contributed by atoms with E-state index in [-0.39, 0.29) is 53.3 Å². The van der Waals surface area contributed by atoms with Crippen LogP contribution in [0.15, 0.2) is 92.0 Å². The van der Waals surface area contributed by atoms with Crippen LogP contribution in [-0.2, 0) is 25.5 Å². The lowest BCUT2D eigenvalue weighted by atomic mass is 9.61. The van der Waals surface area contributed by atoms with Crippen molar-refractivity contribution in [3.05, 3.63) is 98.7 Å². The highest BCUT2D eigenvalue weighted by Crippen LogP contribution is 2.59. The number of esters is 1. The van der Waals surface area contributed by atoms with E-state index in [2.05, 4.69) is 16.7 Å². The number of amides is 1. The number of fused-ring (bicyclic) bond motifs is 7. The number of dihydropyridines is 1. The molecule has 2 aromatic rings. The average molecular weight is 769 g/mol. The number of benzene rings is 1. The molecular formula is C41H44N4O7S2. The molecule has 1 saturated heterocycles. The summed E-state index contributed by atoms with van der Waals surface area (Å²) in [6, 6.07) is 6.75. The van der Waals surface area contributed by atoms with E-state index in [1.807, 2.05) is 44.0 Å². The number of rotatable bonds is 3. The topological polar surface area (TPSA) is 153 Å². The molecule has 9 rings (SSSR count). The lowest BCUT2D eigenvalue weighted by molar-refractivity contribution is -0.186. The van der Waals surface area contributed by atoms with E-state index in [0.29, 0.717) is 54.3 Å². The Labute approximate surface area is 321 Å². The zero-order valence-electron chi connectivity index (χ0n) is 30.7. The van der Waals surface area contributed by atoms with E-state index >= 15 is 0 Å². The summed E-state index contributed by atoms with van der Waals surface area (Å²) in [7, 11) is 5.45. The Hall–Kier alpha value is -4.20. The Morgan fingerprint density at radius 1 is 1.22 bits per heavy atom. The van der Waals surface area contributed by atoms with Gasteiger partial charge in [-0.25, -0.2) is 9.59 Å². The Morgan fingerprint density at radius 3 is 2.85 bits per heavy atom. The van der Waals surface area contributed by atoms with Crippen LogP contribution in [0.3, 0.4) is 0 Å². The summed E-state index contributed by atoms with van der Waals surface area (Å²) in [5.41, 5.74) is 8.46. The van der Waals surface area contributed by atoms with E-state index in [4.69, 9.17) is 19.6 Å². The molecular weight excluding hydrogens is 725 g/mol. The molecule has 5 heterocycles. The van der Waals surface area contributed by atoms with E-state index in [9.17, 15) is 19.2 Å². The number of allylic oxidation sites excluding steroid dienone is 3. The maximum absolute atomic E-state index is 14.7. The highest BCUT2D eigenvalue weighted by molar-refractivity contribution is 8.77. The van der Waals surface area contributed by atoms with Crippen molar-refractivity contribution in [3.63, 3.8) is 0 Å². The van der Waals surface area contributed by atoms with Crippen molar-refractivity contribution in [2.24, 2.45) is 23.5 Å². The number of carbonyl (C=O) groups excluding carboxylic acids is 3. The number of ketones is 1. The molecule has 2 bridgehead atoms. The van der Waals surface area contributed by atoms with Gasteiger partial charge in [-0.2, -0.15) is 0 Å². The Balaban J connectivity index is 1.20. The van der Waals surface area contributed by atoms with Crippen LogP contribution in [-0.4, -0.2) is 76.5 Å². The first-order chi connectivity index (χ1) is 25.9. The third-order valence-electron chi connectivity index (χ3n) is 13.0. The summed E-state index contributed by atoms with van der Waals surface area (Å²) < 4.78 is 19.4. The van der Waals surface area contributed by atoms with E-state index in [0.717, 1.165) is 27.7 Å². The van der Waals surface area contributed by atoms with E-state index in [1.54, 1.807) is 52.8 Å². The molecule has 9 unspecified atom stereocenters. The van der Waals surface area contributed by atoms with Crippen molar-refractivity contribution >= 4 is 50.2 Å². The molecule has 13 heteroatoms. The minimum absolute atomic E-state index is 0.00627. The Morgan fingerprint density at radius 2 is 2.06 bits per heavy atom. The fourth-order valence-electron chi connectivity index (χ4n) is 10.2. The molecule has 4 aliphatic heterocycles. The van der Waals surface area contributed by atoms with Gasteiger partial charge in [0.1, 0.15) is 11.3 Å². The largest absolute Gasteiger partial charge is 0.481 e. The van der Waals surface area contributed by atoms with Crippen molar-refractivity contribution in [1.29, 1.82) is 0 Å². The van der Waals surface area contributed by atoms with Crippen molar-refractivity contribution in [2.75, 3.05) is 19.3 Å². The number of carbonyl (C=O) groups is 3. The van der Waals surface area contributed by atoms with Crippen LogP contribution in [0.25, 0.3) is 11.0 Å². The van der Waals surface area contributed by atoms with Crippen molar-refractivity contribution < 1.29 is 28.3 Å². The fraction of sp³-hybridized carbons (Fsp3) is 0.463. The molecule has 2 fully saturated rings. The number of ether oxygens (including phenoxy) is 2. The van der Waals surface area contributed by atoms with Gasteiger partial charge in [-0.05, 0) is 75.2 Å². The maximum atomic E-state index is 14.7. The van der Waals surface area contributed by atoms with Crippen LogP contribution in [0.5, 0.6) is 5.75 Å². The smallest absolute Gasteiger partial charge is 0.336 e. The summed E-state index contributed by atoms with van der Waals surface area (Å²) in [6.07, 6.45) is 11.1. The average Bonchev–Trinajstić information content (AvgIpc) is 3.50. The molecule has 7 aliphatic rings. The third kappa shape index (κ3) is 5.28. The molecule has 11 nitrogen and oxygen atoms in total. The first-order valence-corrected chi connectivity index (χ1v) is 21.1. The number of nitrogens with one attached hydrogen (secondary N) is 2. The molecule has 1 aromatic heterocycles. The highest BCUT2D eigenvalue weighted by atomic mass is 33.1. The molecule has 1 amide bonds. The first-order valence-electron chi connectivity index (χ1n) is 18.7. The van der Waals surface area contributed by atoms with E-state index in [1.165, 1.54) is 6.07 Å². The van der Waals surface area contributed by atoms with Crippen molar-refractivity contribution in [3.8, 4) is 5.75 Å². The standard InChI is InChI=1S/C41H44N4O7S2/c1-5-20(2)39(49)52-40(3)11-10-22-19-53-54-31-14-26-28(46)8-7-27-35(37(26)43-4)38(31)45(27)33(47)13-24-18-44-32(42)15-25(24)36(22)41(40)17-23-12-21-6-9-34(48)50-29(21)16-30(23)51-41/h5-10,12,15-16,26-27,31,35-38,43-44H,11,13-14,17-19,42H2,1-4H3. The molecule has 0 radical (unpaired) electrons. The zero-order valence-corrected chi connectivity index (χ0v) is 32.3. The van der Waals surface area contributed by atoms with Crippen LogP contribution in [0, 0.1) is 17.8 Å². The summed E-state index contributed by atoms with van der Waals surface area (Å²) in [6.45, 7) is 5.86. The van der Waals surface area contributed by atoms with Crippen LogP contribution in [0.1, 0.15) is 45.6 Å². The van der Waals surface area contributed by atoms with Gasteiger partial charge in [0.2, 0.25) is 5.91 Å². The minimum Gasteiger partial charge on any atom is -0.481 e. The van der Waals surface area contributed by atoms with Gasteiger partial charge in [0.15, 0.2) is 17.0 Å². The highest BCUT2D eigenvalue weighted by Gasteiger charge is 2.65. The van der Waals surface area contributed by atoms with Gasteiger partial charge in [-0.1, -0.05) is 45.4 Å². The SMILES string of the molecule is CC=C(C)C(=O)OC1(C)CC=C2CSSC3CC4C(=O)C=CC5C(C4NC)C3N5C(=O)CC3=C(C=C(N)NC3)C2C12Cc1cc3ccc(=O)oc3cc1O2. The summed E-state index contributed by atoms with van der Waals surface area (Å²) in [4.78, 5) is 56.1. The minimum atomic E-state index is -1.16. The zero-order chi connectivity index (χ0) is 37.7. The summed E-state index contributed by atoms with van der Waals surface area (Å²) in [5.74, 6) is 0.928. The predicted octanol–water partition coefficient (Wildman–Crippen LogP) is 4.48. The monoisotopic (exact) mass is 768 g/mol. The second-order valence-electron chi connectivity index (χ2n) is 15.8. The van der Waals surface area contributed by atoms with Crippen LogP contribution >= 0.6 is 21.6 Å². The summed E-state index contributed by atoms with van der Waals surface area (Å²) in [5, 5.41) is 7.59. The lowest BCUT2D eigenvalue weighted by Crippen LogP contribution is -2.75. The van der Waals surface area contributed by atoms with Gasteiger partial charge in [-0.15, -0.1) is 0 Å². The van der Waals surface area contributed by atoms with Gasteiger partial charge in [0.05, 0.1) is 30.2 Å². The molecule has 54 heavy (non-hydrogen) atoms. The van der Waals surface area contributed by atoms with Crippen molar-refractivity contribution in [2.45, 2.75) is 81.0 Å². The molecule has 1 saturated carbocycles. The molecule has 1 aromatic carbocycles. The number of hydrogen-bond donors (Lipinski definition) is 3. The van der Waals surface area contributed by atoms with Gasteiger partial charge in [0, 0.05) is 71.4 Å². The molecule has 4 N–H and O–H groups in total. The molecule has 1 spiro atoms. The Kier molecular flexibility index (Phi) is 8.51. The third-order valence-corrected chi connectivity index (χ3v) is 15.8. The van der Waals surface area contributed by atoms with Gasteiger partial charge < -0.3 is 35.2 Å². The molecule has 3 aliphatic carbocycles. The quantitative estimate of drug-likeness (QED) is 0.133. The van der Waals surface area contributed by atoms with Crippen molar-refractivity contribution in [1.82, 2.24) is 15.5 Å². The summed E-state index contributed by atoms with van der Waals surface area (Å²) >= 11 is 0. The number of hydrogen-bond acceptors (Lipinski definition) is 12. The molecule has 9 atom stereocenters. The van der Waals surface area contributed by atoms with Crippen LogP contribution < -0.4 is 26.7 Å². The fourth-order valence-corrected chi connectivity index (χ4v) is 13.3. The lowest BCUT2D eigenvalue weighted by Gasteiger charge is -2.62. The number of nitrogens with zero attached hydrogens (tertiary/aromatic N) is 1. The number of nitrogens with two attached hydrogens (primary N) is 1. The Bertz CT molecular complexity index is 2220. The first kappa shape index (κ1) is 35.5. The van der Waals surface area contributed by atoms with Crippen LogP contribution in [0.2, 0.25) is 0 Å². The second-order valence-corrected chi connectivity index (χ2v) is 18.4. The predicted molar refractivity (Wildman–Crippen MR) is 208 cm³/mol. The normalized spacial score (nSPS) is 35.6.